The summed E-state index contributed by atoms with van der Waals surface area (Å²) >= 11 is 1.72. The zero-order valence-corrected chi connectivity index (χ0v) is 12.7. The quantitative estimate of drug-likeness (QED) is 0.881. The highest BCUT2D eigenvalue weighted by atomic mass is 32.2. The summed E-state index contributed by atoms with van der Waals surface area (Å²) in [5.41, 5.74) is 1.82. The largest absolute Gasteiger partial charge is 0.301 e. The fourth-order valence-corrected chi connectivity index (χ4v) is 3.90. The summed E-state index contributed by atoms with van der Waals surface area (Å²) in [6, 6.07) is 5.49. The molecule has 1 fully saturated rings. The van der Waals surface area contributed by atoms with Crippen molar-refractivity contribution in [1.29, 1.82) is 0 Å². The minimum Gasteiger partial charge on any atom is -0.301 e. The number of pyridine rings is 1. The second-order valence-electron chi connectivity index (χ2n) is 5.46. The molecule has 2 aromatic heterocycles. The summed E-state index contributed by atoms with van der Waals surface area (Å²) in [6.45, 7) is 0. The molecule has 21 heavy (non-hydrogen) atoms. The van der Waals surface area contributed by atoms with Crippen LogP contribution in [0.5, 0.6) is 0 Å². The van der Waals surface area contributed by atoms with Gasteiger partial charge in [0.05, 0.1) is 5.69 Å². The average molecular weight is 301 g/mol. The maximum atomic E-state index is 11.8. The predicted octanol–water partition coefficient (Wildman–Crippen LogP) is 3.18. The van der Waals surface area contributed by atoms with Crippen molar-refractivity contribution in [1.82, 2.24) is 15.0 Å². The third kappa shape index (κ3) is 4.17. The molecule has 110 valence electrons. The van der Waals surface area contributed by atoms with Gasteiger partial charge >= 0.3 is 0 Å². The maximum Gasteiger partial charge on any atom is 0.251 e. The van der Waals surface area contributed by atoms with Crippen molar-refractivity contribution in [2.24, 2.45) is 0 Å². The van der Waals surface area contributed by atoms with E-state index in [0.29, 0.717) is 11.7 Å². The van der Waals surface area contributed by atoms with E-state index in [0.717, 1.165) is 16.4 Å². The van der Waals surface area contributed by atoms with Crippen LogP contribution in [0.1, 0.15) is 43.4 Å². The number of aromatic amines is 1. The summed E-state index contributed by atoms with van der Waals surface area (Å²) < 4.78 is 0. The van der Waals surface area contributed by atoms with Crippen LogP contribution in [0.4, 0.5) is 0 Å². The number of hydrogen-bond acceptors (Lipinski definition) is 4. The van der Waals surface area contributed by atoms with E-state index < -0.39 is 0 Å². The van der Waals surface area contributed by atoms with E-state index in [2.05, 4.69) is 15.0 Å². The summed E-state index contributed by atoms with van der Waals surface area (Å²) in [5, 5.41) is 1.35. The lowest BCUT2D eigenvalue weighted by atomic mass is 10.0. The fraction of sp³-hybridized carbons (Fsp3) is 0.438. The van der Waals surface area contributed by atoms with Crippen LogP contribution < -0.4 is 5.56 Å². The van der Waals surface area contributed by atoms with E-state index in [-0.39, 0.29) is 5.56 Å². The zero-order valence-electron chi connectivity index (χ0n) is 11.9. The highest BCUT2D eigenvalue weighted by Gasteiger charge is 2.16. The smallest absolute Gasteiger partial charge is 0.251 e. The molecule has 0 saturated heterocycles. The minimum absolute atomic E-state index is 0.0674. The molecule has 0 bridgehead atoms. The van der Waals surface area contributed by atoms with Crippen LogP contribution in [0.3, 0.4) is 0 Å². The van der Waals surface area contributed by atoms with Gasteiger partial charge in [-0.1, -0.05) is 37.1 Å². The average Bonchev–Trinajstić information content (AvgIpc) is 2.48. The van der Waals surface area contributed by atoms with Crippen molar-refractivity contribution in [3.8, 4) is 0 Å². The molecule has 0 aliphatic heterocycles. The molecule has 0 aromatic carbocycles. The first-order valence-corrected chi connectivity index (χ1v) is 8.33. The third-order valence-electron chi connectivity index (χ3n) is 3.71. The second-order valence-corrected chi connectivity index (χ2v) is 6.75. The first-order valence-electron chi connectivity index (χ1n) is 7.45. The van der Waals surface area contributed by atoms with E-state index in [4.69, 9.17) is 0 Å². The van der Waals surface area contributed by atoms with E-state index in [1.165, 1.54) is 32.1 Å². The molecule has 2 aromatic rings. The monoisotopic (exact) mass is 301 g/mol. The molecule has 5 heteroatoms. The number of thioether (sulfide) groups is 1. The Bertz CT molecular complexity index is 635. The normalized spacial score (nSPS) is 16.0. The maximum absolute atomic E-state index is 11.8. The van der Waals surface area contributed by atoms with E-state index in [1.54, 1.807) is 24.0 Å². The fourth-order valence-electron chi connectivity index (χ4n) is 2.68. The number of rotatable bonds is 4. The van der Waals surface area contributed by atoms with Gasteiger partial charge < -0.3 is 4.98 Å². The Kier molecular flexibility index (Phi) is 4.70. The second kappa shape index (κ2) is 6.89. The van der Waals surface area contributed by atoms with Gasteiger partial charge in [0.2, 0.25) is 0 Å². The topological polar surface area (TPSA) is 58.6 Å². The van der Waals surface area contributed by atoms with Gasteiger partial charge in [-0.3, -0.25) is 9.78 Å². The van der Waals surface area contributed by atoms with Crippen molar-refractivity contribution >= 4 is 11.8 Å². The van der Waals surface area contributed by atoms with Gasteiger partial charge in [-0.2, -0.15) is 0 Å². The van der Waals surface area contributed by atoms with Crippen molar-refractivity contribution in [2.45, 2.75) is 48.9 Å². The van der Waals surface area contributed by atoms with E-state index in [1.807, 2.05) is 18.3 Å². The lowest BCUT2D eigenvalue weighted by molar-refractivity contribution is 0.515. The van der Waals surface area contributed by atoms with Gasteiger partial charge in [-0.05, 0) is 24.5 Å². The van der Waals surface area contributed by atoms with Gasteiger partial charge in [0.25, 0.3) is 5.56 Å². The Balaban J connectivity index is 1.74. The summed E-state index contributed by atoms with van der Waals surface area (Å²) in [5.74, 6) is 0. The molecule has 0 atom stereocenters. The van der Waals surface area contributed by atoms with Gasteiger partial charge in [0, 0.05) is 30.1 Å². The van der Waals surface area contributed by atoms with Crippen LogP contribution in [-0.2, 0) is 6.42 Å². The molecule has 0 spiro atoms. The Hall–Kier alpha value is -1.62. The van der Waals surface area contributed by atoms with Crippen LogP contribution >= 0.6 is 11.8 Å². The van der Waals surface area contributed by atoms with E-state index >= 15 is 0 Å². The van der Waals surface area contributed by atoms with Crippen molar-refractivity contribution < 1.29 is 0 Å². The Morgan fingerprint density at radius 1 is 1.29 bits per heavy atom. The molecule has 4 nitrogen and oxygen atoms in total. The number of nitrogens with one attached hydrogen (secondary N) is 1. The van der Waals surface area contributed by atoms with Crippen LogP contribution in [-0.4, -0.2) is 20.2 Å². The Morgan fingerprint density at radius 3 is 2.90 bits per heavy atom. The number of nitrogens with zero attached hydrogens (tertiary/aromatic N) is 2. The molecule has 0 radical (unpaired) electrons. The zero-order chi connectivity index (χ0) is 14.5. The van der Waals surface area contributed by atoms with Crippen molar-refractivity contribution in [3.05, 3.63) is 52.2 Å². The van der Waals surface area contributed by atoms with Crippen LogP contribution in [0.2, 0.25) is 0 Å². The number of hydrogen-bond donors (Lipinski definition) is 1. The molecule has 1 N–H and O–H groups in total. The SMILES string of the molecule is O=c1cc(Cc2cccnc2)nc(SC2CCCCC2)[nH]1. The molecular formula is C16H19N3OS. The highest BCUT2D eigenvalue weighted by molar-refractivity contribution is 7.99. The molecule has 2 heterocycles. The lowest BCUT2D eigenvalue weighted by Crippen LogP contribution is -2.14. The molecule has 1 aliphatic rings. The number of aromatic nitrogens is 3. The molecule has 1 saturated carbocycles. The summed E-state index contributed by atoms with van der Waals surface area (Å²) in [7, 11) is 0. The third-order valence-corrected chi connectivity index (χ3v) is 4.93. The van der Waals surface area contributed by atoms with Crippen LogP contribution in [0.15, 0.2) is 40.5 Å². The van der Waals surface area contributed by atoms with Gasteiger partial charge in [0.1, 0.15) is 0 Å². The highest BCUT2D eigenvalue weighted by Crippen LogP contribution is 2.31. The molecule has 1 aliphatic carbocycles. The van der Waals surface area contributed by atoms with E-state index in [9.17, 15) is 4.79 Å². The Labute approximate surface area is 128 Å². The Morgan fingerprint density at radius 2 is 2.14 bits per heavy atom. The summed E-state index contributed by atoms with van der Waals surface area (Å²) in [6.07, 6.45) is 10.6. The van der Waals surface area contributed by atoms with Crippen LogP contribution in [0.25, 0.3) is 0 Å². The lowest BCUT2D eigenvalue weighted by Gasteiger charge is -2.20. The van der Waals surface area contributed by atoms with Gasteiger partial charge in [-0.15, -0.1) is 0 Å². The van der Waals surface area contributed by atoms with Crippen molar-refractivity contribution in [3.63, 3.8) is 0 Å². The van der Waals surface area contributed by atoms with Gasteiger partial charge in [0.15, 0.2) is 5.16 Å². The first kappa shape index (κ1) is 14.3. The molecule has 3 rings (SSSR count). The molecule has 0 amide bonds. The first-order chi connectivity index (χ1) is 10.3. The van der Waals surface area contributed by atoms with Crippen LogP contribution in [0, 0.1) is 0 Å². The van der Waals surface area contributed by atoms with Gasteiger partial charge in [-0.25, -0.2) is 4.98 Å². The number of H-pyrrole nitrogens is 1. The summed E-state index contributed by atoms with van der Waals surface area (Å²) in [4.78, 5) is 23.4. The molecule has 0 unspecified atom stereocenters. The minimum atomic E-state index is -0.0674. The predicted molar refractivity (Wildman–Crippen MR) is 84.6 cm³/mol. The molecular weight excluding hydrogens is 282 g/mol. The van der Waals surface area contributed by atoms with Crippen molar-refractivity contribution in [2.75, 3.05) is 0 Å². The standard InChI is InChI=1S/C16H19N3OS/c20-15-10-13(9-12-5-4-8-17-11-12)18-16(19-15)21-14-6-2-1-3-7-14/h4-5,8,10-11,14H,1-3,6-7,9H2,(H,18,19,20).